The SMILES string of the molecule is CC(C)(F)C1COC(=O)N1. The number of nitrogens with one attached hydrogen (secondary N) is 1. The van der Waals surface area contributed by atoms with Crippen molar-refractivity contribution in [2.75, 3.05) is 6.61 Å². The molecule has 1 rings (SSSR count). The summed E-state index contributed by atoms with van der Waals surface area (Å²) < 4.78 is 17.5. The Morgan fingerprint density at radius 2 is 2.40 bits per heavy atom. The van der Waals surface area contributed by atoms with Crippen molar-refractivity contribution in [3.05, 3.63) is 0 Å². The van der Waals surface area contributed by atoms with Gasteiger partial charge in [-0.05, 0) is 13.8 Å². The summed E-state index contributed by atoms with van der Waals surface area (Å²) in [6.45, 7) is 2.95. The molecule has 0 spiro atoms. The zero-order chi connectivity index (χ0) is 7.78. The topological polar surface area (TPSA) is 38.3 Å². The minimum Gasteiger partial charge on any atom is -0.447 e. The number of alkyl halides is 1. The summed E-state index contributed by atoms with van der Waals surface area (Å²) in [4.78, 5) is 10.4. The van der Waals surface area contributed by atoms with E-state index in [-0.39, 0.29) is 6.61 Å². The Kier molecular flexibility index (Phi) is 1.54. The van der Waals surface area contributed by atoms with Gasteiger partial charge in [0, 0.05) is 0 Å². The number of cyclic esters (lactones) is 1. The first kappa shape index (κ1) is 7.31. The van der Waals surface area contributed by atoms with Crippen LogP contribution in [0.5, 0.6) is 0 Å². The molecule has 3 nitrogen and oxygen atoms in total. The average Bonchev–Trinajstić information content (AvgIpc) is 2.11. The quantitative estimate of drug-likeness (QED) is 0.597. The highest BCUT2D eigenvalue weighted by atomic mass is 19.1. The van der Waals surface area contributed by atoms with E-state index in [2.05, 4.69) is 10.1 Å². The van der Waals surface area contributed by atoms with Crippen LogP contribution in [0.4, 0.5) is 9.18 Å². The number of carbonyl (C=O) groups excluding carboxylic acids is 1. The van der Waals surface area contributed by atoms with Crippen molar-refractivity contribution < 1.29 is 13.9 Å². The van der Waals surface area contributed by atoms with Gasteiger partial charge in [-0.1, -0.05) is 0 Å². The van der Waals surface area contributed by atoms with E-state index in [0.717, 1.165) is 0 Å². The number of alkyl carbamates (subject to hydrolysis) is 1. The summed E-state index contributed by atoms with van der Waals surface area (Å²) in [5.41, 5.74) is -1.40. The molecule has 0 bridgehead atoms. The van der Waals surface area contributed by atoms with Gasteiger partial charge in [0.1, 0.15) is 12.3 Å². The maximum atomic E-state index is 13.0. The van der Waals surface area contributed by atoms with Gasteiger partial charge in [0.15, 0.2) is 0 Å². The van der Waals surface area contributed by atoms with Crippen LogP contribution in [0.3, 0.4) is 0 Å². The highest BCUT2D eigenvalue weighted by Crippen LogP contribution is 2.17. The van der Waals surface area contributed by atoms with Gasteiger partial charge in [-0.2, -0.15) is 0 Å². The van der Waals surface area contributed by atoms with Crippen molar-refractivity contribution in [1.82, 2.24) is 5.32 Å². The second-order valence-corrected chi connectivity index (χ2v) is 2.86. The van der Waals surface area contributed by atoms with Gasteiger partial charge in [-0.15, -0.1) is 0 Å². The van der Waals surface area contributed by atoms with Gasteiger partial charge in [0.2, 0.25) is 0 Å². The smallest absolute Gasteiger partial charge is 0.407 e. The van der Waals surface area contributed by atoms with Crippen molar-refractivity contribution >= 4 is 6.09 Å². The Bertz CT molecular complexity index is 152. The van der Waals surface area contributed by atoms with E-state index >= 15 is 0 Å². The predicted molar refractivity (Wildman–Crippen MR) is 33.5 cm³/mol. The Balaban J connectivity index is 2.53. The van der Waals surface area contributed by atoms with Gasteiger partial charge < -0.3 is 10.1 Å². The lowest BCUT2D eigenvalue weighted by Gasteiger charge is -2.19. The molecule has 1 amide bonds. The molecule has 0 saturated carbocycles. The van der Waals surface area contributed by atoms with Crippen molar-refractivity contribution in [2.45, 2.75) is 25.6 Å². The Hall–Kier alpha value is -0.800. The van der Waals surface area contributed by atoms with Crippen molar-refractivity contribution in [3.8, 4) is 0 Å². The summed E-state index contributed by atoms with van der Waals surface area (Å²) in [7, 11) is 0. The van der Waals surface area contributed by atoms with Gasteiger partial charge in [0.25, 0.3) is 0 Å². The zero-order valence-electron chi connectivity index (χ0n) is 5.98. The third-order valence-electron chi connectivity index (χ3n) is 1.50. The monoisotopic (exact) mass is 147 g/mol. The zero-order valence-corrected chi connectivity index (χ0v) is 5.98. The molecule has 0 aliphatic carbocycles. The molecule has 10 heavy (non-hydrogen) atoms. The Morgan fingerprint density at radius 1 is 1.80 bits per heavy atom. The first-order valence-electron chi connectivity index (χ1n) is 3.12. The number of carbonyl (C=O) groups is 1. The molecule has 0 aromatic rings. The predicted octanol–water partition coefficient (Wildman–Crippen LogP) is 0.843. The molecule has 1 unspecified atom stereocenters. The lowest BCUT2D eigenvalue weighted by molar-refractivity contribution is 0.141. The highest BCUT2D eigenvalue weighted by molar-refractivity contribution is 5.69. The maximum absolute atomic E-state index is 13.0. The summed E-state index contributed by atoms with van der Waals surface area (Å²) in [5, 5.41) is 2.36. The Morgan fingerprint density at radius 3 is 2.60 bits per heavy atom. The van der Waals surface area contributed by atoms with Crippen LogP contribution in [-0.4, -0.2) is 24.4 Å². The number of hydrogen-bond donors (Lipinski definition) is 1. The van der Waals surface area contributed by atoms with Gasteiger partial charge in [-0.3, -0.25) is 0 Å². The van der Waals surface area contributed by atoms with Crippen molar-refractivity contribution in [1.29, 1.82) is 0 Å². The molecular weight excluding hydrogens is 137 g/mol. The van der Waals surface area contributed by atoms with Crippen LogP contribution in [0.25, 0.3) is 0 Å². The van der Waals surface area contributed by atoms with E-state index in [1.54, 1.807) is 0 Å². The van der Waals surface area contributed by atoms with Gasteiger partial charge >= 0.3 is 6.09 Å². The number of hydrogen-bond acceptors (Lipinski definition) is 2. The molecule has 0 radical (unpaired) electrons. The first-order valence-corrected chi connectivity index (χ1v) is 3.12. The van der Waals surface area contributed by atoms with Crippen LogP contribution in [0, 0.1) is 0 Å². The van der Waals surface area contributed by atoms with Crippen LogP contribution in [0.15, 0.2) is 0 Å². The summed E-state index contributed by atoms with van der Waals surface area (Å²) in [5.74, 6) is 0. The van der Waals surface area contributed by atoms with Gasteiger partial charge in [-0.25, -0.2) is 9.18 Å². The molecule has 1 atom stereocenters. The van der Waals surface area contributed by atoms with E-state index in [9.17, 15) is 9.18 Å². The van der Waals surface area contributed by atoms with Crippen LogP contribution in [0.1, 0.15) is 13.8 Å². The third-order valence-corrected chi connectivity index (χ3v) is 1.50. The van der Waals surface area contributed by atoms with E-state index in [1.165, 1.54) is 13.8 Å². The fraction of sp³-hybridized carbons (Fsp3) is 0.833. The summed E-state index contributed by atoms with van der Waals surface area (Å²) >= 11 is 0. The van der Waals surface area contributed by atoms with Crippen LogP contribution >= 0.6 is 0 Å². The average molecular weight is 147 g/mol. The summed E-state index contributed by atoms with van der Waals surface area (Å²) in [6.07, 6.45) is -0.532. The molecule has 58 valence electrons. The van der Waals surface area contributed by atoms with Crippen LogP contribution in [0.2, 0.25) is 0 Å². The second kappa shape index (κ2) is 2.11. The standard InChI is InChI=1S/C6H10FNO2/c1-6(2,7)4-3-10-5(9)8-4/h4H,3H2,1-2H3,(H,8,9). The third kappa shape index (κ3) is 1.37. The van der Waals surface area contributed by atoms with E-state index in [4.69, 9.17) is 0 Å². The molecule has 1 aliphatic heterocycles. The molecule has 4 heteroatoms. The number of amides is 1. The lowest BCUT2D eigenvalue weighted by atomic mass is 10.0. The fourth-order valence-corrected chi connectivity index (χ4v) is 0.754. The minimum absolute atomic E-state index is 0.127. The van der Waals surface area contributed by atoms with Crippen molar-refractivity contribution in [2.24, 2.45) is 0 Å². The molecule has 1 heterocycles. The molecular formula is C6H10FNO2. The van der Waals surface area contributed by atoms with Crippen LogP contribution in [-0.2, 0) is 4.74 Å². The number of ether oxygens (including phenoxy) is 1. The number of rotatable bonds is 1. The summed E-state index contributed by atoms with van der Waals surface area (Å²) in [6, 6.07) is -0.500. The minimum atomic E-state index is -1.40. The normalized spacial score (nSPS) is 25.9. The molecule has 1 fully saturated rings. The molecule has 1 saturated heterocycles. The number of halogens is 1. The van der Waals surface area contributed by atoms with Crippen molar-refractivity contribution in [3.63, 3.8) is 0 Å². The van der Waals surface area contributed by atoms with E-state index in [1.807, 2.05) is 0 Å². The van der Waals surface area contributed by atoms with Gasteiger partial charge in [0.05, 0.1) is 6.04 Å². The lowest BCUT2D eigenvalue weighted by Crippen LogP contribution is -2.42. The largest absolute Gasteiger partial charge is 0.447 e. The molecule has 1 aliphatic rings. The maximum Gasteiger partial charge on any atom is 0.407 e. The van der Waals surface area contributed by atoms with E-state index in [0.29, 0.717) is 0 Å². The molecule has 0 aromatic heterocycles. The molecule has 1 N–H and O–H groups in total. The van der Waals surface area contributed by atoms with Crippen LogP contribution < -0.4 is 5.32 Å². The second-order valence-electron chi connectivity index (χ2n) is 2.86. The Labute approximate surface area is 58.5 Å². The molecule has 0 aromatic carbocycles. The first-order chi connectivity index (χ1) is 4.50. The van der Waals surface area contributed by atoms with E-state index < -0.39 is 17.8 Å². The fourth-order valence-electron chi connectivity index (χ4n) is 0.754. The highest BCUT2D eigenvalue weighted by Gasteiger charge is 2.36.